The third kappa shape index (κ3) is 5.78. The molecule has 1 saturated heterocycles. The first-order chi connectivity index (χ1) is 16.2. The van der Waals surface area contributed by atoms with E-state index in [1.54, 1.807) is 49.6 Å². The molecular formula is C27H33NO6. The fourth-order valence-corrected chi connectivity index (χ4v) is 3.81. The Hall–Kier alpha value is -3.32. The van der Waals surface area contributed by atoms with Crippen LogP contribution in [0.1, 0.15) is 44.9 Å². The Bertz CT molecular complexity index is 1060. The van der Waals surface area contributed by atoms with Crippen molar-refractivity contribution in [2.24, 2.45) is 5.92 Å². The molecule has 1 aliphatic rings. The number of aliphatic hydroxyl groups is 1. The molecule has 0 aliphatic carbocycles. The Labute approximate surface area is 200 Å². The second kappa shape index (κ2) is 11.2. The van der Waals surface area contributed by atoms with Gasteiger partial charge in [0.25, 0.3) is 11.7 Å². The molecule has 0 spiro atoms. The van der Waals surface area contributed by atoms with Crippen molar-refractivity contribution in [2.75, 3.05) is 26.9 Å². The number of nitrogens with zero attached hydrogens (tertiary/aromatic N) is 1. The zero-order valence-electron chi connectivity index (χ0n) is 20.4. The van der Waals surface area contributed by atoms with Gasteiger partial charge in [-0.3, -0.25) is 9.59 Å². The predicted molar refractivity (Wildman–Crippen MR) is 130 cm³/mol. The fourth-order valence-electron chi connectivity index (χ4n) is 3.81. The van der Waals surface area contributed by atoms with E-state index in [9.17, 15) is 14.7 Å². The molecule has 2 aromatic carbocycles. The molecule has 2 aromatic rings. The van der Waals surface area contributed by atoms with Gasteiger partial charge in [0.1, 0.15) is 17.3 Å². The number of ketones is 1. The van der Waals surface area contributed by atoms with Crippen LogP contribution in [0.3, 0.4) is 0 Å². The van der Waals surface area contributed by atoms with Crippen LogP contribution in [0, 0.1) is 5.92 Å². The van der Waals surface area contributed by atoms with Crippen LogP contribution in [0.25, 0.3) is 5.76 Å². The molecule has 0 bridgehead atoms. The van der Waals surface area contributed by atoms with Gasteiger partial charge in [0.15, 0.2) is 0 Å². The van der Waals surface area contributed by atoms with Crippen molar-refractivity contribution in [2.45, 2.75) is 39.8 Å². The second-order valence-electron chi connectivity index (χ2n) is 8.92. The van der Waals surface area contributed by atoms with Crippen LogP contribution < -0.4 is 9.47 Å². The fraction of sp³-hybridized carbons (Fsp3) is 0.407. The molecule has 3 rings (SSSR count). The monoisotopic (exact) mass is 467 g/mol. The molecule has 1 atom stereocenters. The van der Waals surface area contributed by atoms with Crippen molar-refractivity contribution < 1.29 is 28.9 Å². The number of Topliss-reactive ketones (excluding diaryl/α,β-unsaturated/α-hetero) is 1. The lowest BCUT2D eigenvalue weighted by molar-refractivity contribution is -0.140. The number of aliphatic hydroxyl groups excluding tert-OH is 1. The number of carbonyl (C=O) groups excluding carboxylic acids is 2. The molecule has 7 nitrogen and oxygen atoms in total. The smallest absolute Gasteiger partial charge is 0.295 e. The Kier molecular flexibility index (Phi) is 8.34. The lowest BCUT2D eigenvalue weighted by atomic mass is 9.95. The normalized spacial score (nSPS) is 17.6. The van der Waals surface area contributed by atoms with Crippen molar-refractivity contribution in [3.05, 3.63) is 65.2 Å². The van der Waals surface area contributed by atoms with E-state index in [4.69, 9.17) is 14.2 Å². The van der Waals surface area contributed by atoms with Crippen molar-refractivity contribution in [1.82, 2.24) is 4.90 Å². The summed E-state index contributed by atoms with van der Waals surface area (Å²) >= 11 is 0. The molecule has 1 aliphatic heterocycles. The topological polar surface area (TPSA) is 85.3 Å². The number of hydrogen-bond donors (Lipinski definition) is 1. The highest BCUT2D eigenvalue weighted by molar-refractivity contribution is 6.46. The van der Waals surface area contributed by atoms with Crippen LogP contribution in [0.2, 0.25) is 0 Å². The third-order valence-electron chi connectivity index (χ3n) is 5.42. The minimum absolute atomic E-state index is 0.0133. The molecule has 0 aromatic heterocycles. The van der Waals surface area contributed by atoms with Gasteiger partial charge in [-0.15, -0.1) is 0 Å². The first kappa shape index (κ1) is 25.3. The zero-order valence-corrected chi connectivity index (χ0v) is 20.4. The number of carbonyl (C=O) groups is 2. The van der Waals surface area contributed by atoms with Gasteiger partial charge in [0, 0.05) is 12.1 Å². The molecule has 1 amide bonds. The second-order valence-corrected chi connectivity index (χ2v) is 8.92. The molecule has 0 radical (unpaired) electrons. The van der Waals surface area contributed by atoms with E-state index >= 15 is 0 Å². The quantitative estimate of drug-likeness (QED) is 0.313. The molecule has 1 heterocycles. The average molecular weight is 468 g/mol. The van der Waals surface area contributed by atoms with E-state index in [0.717, 1.165) is 0 Å². The standard InChI is InChI=1S/C27H33NO6/c1-17(2)16-34-22-11-7-9-20(15-22)25(29)23-24(19-8-6-10-21(14-19)32-5)28(27(31)26(23)30)12-13-33-18(3)4/h6-11,14-15,17-18,24,29H,12-13,16H2,1-5H3/b25-23-. The van der Waals surface area contributed by atoms with E-state index in [1.165, 1.54) is 4.90 Å². The molecular weight excluding hydrogens is 434 g/mol. The lowest BCUT2D eigenvalue weighted by Gasteiger charge is -2.26. The third-order valence-corrected chi connectivity index (χ3v) is 5.42. The minimum Gasteiger partial charge on any atom is -0.507 e. The number of ether oxygens (including phenoxy) is 3. The molecule has 182 valence electrons. The van der Waals surface area contributed by atoms with Gasteiger partial charge in [-0.1, -0.05) is 38.1 Å². The van der Waals surface area contributed by atoms with Crippen molar-refractivity contribution in [3.8, 4) is 11.5 Å². The molecule has 1 N–H and O–H groups in total. The van der Waals surface area contributed by atoms with Crippen LogP contribution in [-0.4, -0.2) is 54.7 Å². The van der Waals surface area contributed by atoms with Crippen molar-refractivity contribution >= 4 is 17.4 Å². The summed E-state index contributed by atoms with van der Waals surface area (Å²) in [6.45, 7) is 8.89. The van der Waals surface area contributed by atoms with E-state index in [-0.39, 0.29) is 30.6 Å². The molecule has 1 fully saturated rings. The number of likely N-dealkylation sites (tertiary alicyclic amines) is 1. The summed E-state index contributed by atoms with van der Waals surface area (Å²) in [5, 5.41) is 11.3. The largest absolute Gasteiger partial charge is 0.507 e. The summed E-state index contributed by atoms with van der Waals surface area (Å²) in [6, 6.07) is 13.3. The summed E-state index contributed by atoms with van der Waals surface area (Å²) in [5.74, 6) is -0.143. The maximum atomic E-state index is 13.2. The predicted octanol–water partition coefficient (Wildman–Crippen LogP) is 4.58. The van der Waals surface area contributed by atoms with Crippen molar-refractivity contribution in [3.63, 3.8) is 0 Å². The van der Waals surface area contributed by atoms with Crippen LogP contribution in [0.15, 0.2) is 54.1 Å². The van der Waals surface area contributed by atoms with E-state index in [0.29, 0.717) is 35.2 Å². The maximum absolute atomic E-state index is 13.2. The van der Waals surface area contributed by atoms with E-state index < -0.39 is 17.7 Å². The summed E-state index contributed by atoms with van der Waals surface area (Å²) < 4.78 is 16.8. The van der Waals surface area contributed by atoms with E-state index in [1.807, 2.05) is 33.8 Å². The van der Waals surface area contributed by atoms with Crippen LogP contribution in [0.4, 0.5) is 0 Å². The van der Waals surface area contributed by atoms with Gasteiger partial charge in [0.05, 0.1) is 38.0 Å². The van der Waals surface area contributed by atoms with Gasteiger partial charge in [-0.05, 0) is 49.6 Å². The van der Waals surface area contributed by atoms with Gasteiger partial charge in [-0.25, -0.2) is 0 Å². The molecule has 7 heteroatoms. The average Bonchev–Trinajstić information content (AvgIpc) is 3.07. The number of benzene rings is 2. The summed E-state index contributed by atoms with van der Waals surface area (Å²) in [5.41, 5.74) is 1.10. The van der Waals surface area contributed by atoms with Gasteiger partial charge < -0.3 is 24.2 Å². The van der Waals surface area contributed by atoms with Crippen LogP contribution in [0.5, 0.6) is 11.5 Å². The molecule has 0 saturated carbocycles. The first-order valence-corrected chi connectivity index (χ1v) is 11.5. The highest BCUT2D eigenvalue weighted by Crippen LogP contribution is 2.40. The van der Waals surface area contributed by atoms with Gasteiger partial charge >= 0.3 is 0 Å². The Balaban J connectivity index is 2.06. The van der Waals surface area contributed by atoms with Crippen LogP contribution in [-0.2, 0) is 14.3 Å². The number of hydrogen-bond acceptors (Lipinski definition) is 6. The highest BCUT2D eigenvalue weighted by Gasteiger charge is 2.46. The molecule has 1 unspecified atom stereocenters. The van der Waals surface area contributed by atoms with Crippen LogP contribution >= 0.6 is 0 Å². The summed E-state index contributed by atoms with van der Waals surface area (Å²) in [6.07, 6.45) is -0.0133. The van der Waals surface area contributed by atoms with Gasteiger partial charge in [0.2, 0.25) is 0 Å². The lowest BCUT2D eigenvalue weighted by Crippen LogP contribution is -2.33. The van der Waals surface area contributed by atoms with Gasteiger partial charge in [-0.2, -0.15) is 0 Å². The number of amides is 1. The van der Waals surface area contributed by atoms with E-state index in [2.05, 4.69) is 0 Å². The highest BCUT2D eigenvalue weighted by atomic mass is 16.5. The van der Waals surface area contributed by atoms with Crippen molar-refractivity contribution in [1.29, 1.82) is 0 Å². The zero-order chi connectivity index (χ0) is 24.8. The minimum atomic E-state index is -0.772. The summed E-state index contributed by atoms with van der Waals surface area (Å²) in [4.78, 5) is 27.6. The first-order valence-electron chi connectivity index (χ1n) is 11.5. The maximum Gasteiger partial charge on any atom is 0.295 e. The Morgan fingerprint density at radius 1 is 1.03 bits per heavy atom. The Morgan fingerprint density at radius 3 is 2.41 bits per heavy atom. The SMILES string of the molecule is COc1cccc(C2/C(=C(/O)c3cccc(OCC(C)C)c3)C(=O)C(=O)N2CCOC(C)C)c1. The number of rotatable bonds is 10. The summed E-state index contributed by atoms with van der Waals surface area (Å²) in [7, 11) is 1.55. The Morgan fingerprint density at radius 2 is 1.74 bits per heavy atom. The molecule has 34 heavy (non-hydrogen) atoms. The number of methoxy groups -OCH3 is 1.